The second kappa shape index (κ2) is 3.13. The largest absolute Gasteiger partial charge is 0.490 e. The molecule has 1 aliphatic rings. The standard InChI is InChI=1S/C10H13NO/c1-8-6-10(7-8)12-9-2-4-11-5-3-9/h2-5,8,10H,6-7H2,1H3/t8-,10+. The van der Waals surface area contributed by atoms with E-state index in [0.717, 1.165) is 11.7 Å². The zero-order valence-electron chi connectivity index (χ0n) is 7.23. The predicted octanol–water partition coefficient (Wildman–Crippen LogP) is 2.26. The summed E-state index contributed by atoms with van der Waals surface area (Å²) in [5.74, 6) is 1.79. The predicted molar refractivity (Wildman–Crippen MR) is 47.1 cm³/mol. The molecule has 1 saturated carbocycles. The summed E-state index contributed by atoms with van der Waals surface area (Å²) in [7, 11) is 0. The Hall–Kier alpha value is -1.05. The highest BCUT2D eigenvalue weighted by Gasteiger charge is 2.26. The van der Waals surface area contributed by atoms with Gasteiger partial charge in [0.15, 0.2) is 0 Å². The van der Waals surface area contributed by atoms with Crippen LogP contribution in [0, 0.1) is 5.92 Å². The van der Waals surface area contributed by atoms with E-state index in [1.54, 1.807) is 12.4 Å². The smallest absolute Gasteiger partial charge is 0.122 e. The first-order valence-electron chi connectivity index (χ1n) is 4.41. The molecule has 0 aliphatic heterocycles. The van der Waals surface area contributed by atoms with Crippen LogP contribution in [0.15, 0.2) is 24.5 Å². The summed E-state index contributed by atoms with van der Waals surface area (Å²) < 4.78 is 5.68. The molecular weight excluding hydrogens is 150 g/mol. The van der Waals surface area contributed by atoms with Gasteiger partial charge in [0.1, 0.15) is 5.75 Å². The average molecular weight is 163 g/mol. The van der Waals surface area contributed by atoms with Gasteiger partial charge in [0.25, 0.3) is 0 Å². The molecule has 2 nitrogen and oxygen atoms in total. The lowest BCUT2D eigenvalue weighted by Crippen LogP contribution is -2.31. The Morgan fingerprint density at radius 1 is 1.33 bits per heavy atom. The van der Waals surface area contributed by atoms with Gasteiger partial charge in [-0.05, 0) is 30.9 Å². The number of pyridine rings is 1. The maximum Gasteiger partial charge on any atom is 0.122 e. The van der Waals surface area contributed by atoms with Gasteiger partial charge < -0.3 is 4.74 Å². The van der Waals surface area contributed by atoms with E-state index in [1.165, 1.54) is 12.8 Å². The molecule has 0 atom stereocenters. The Labute approximate surface area is 72.6 Å². The molecule has 1 aliphatic carbocycles. The highest BCUT2D eigenvalue weighted by Crippen LogP contribution is 2.30. The lowest BCUT2D eigenvalue weighted by molar-refractivity contribution is 0.0738. The minimum absolute atomic E-state index is 0.447. The highest BCUT2D eigenvalue weighted by atomic mass is 16.5. The van der Waals surface area contributed by atoms with Gasteiger partial charge in [0, 0.05) is 12.4 Å². The molecule has 0 amide bonds. The van der Waals surface area contributed by atoms with Crippen molar-refractivity contribution in [3.05, 3.63) is 24.5 Å². The third-order valence-electron chi connectivity index (χ3n) is 2.28. The molecule has 2 heteroatoms. The third-order valence-corrected chi connectivity index (χ3v) is 2.28. The zero-order chi connectivity index (χ0) is 8.39. The molecule has 1 aromatic heterocycles. The summed E-state index contributed by atoms with van der Waals surface area (Å²) in [4.78, 5) is 3.93. The van der Waals surface area contributed by atoms with Crippen molar-refractivity contribution in [1.82, 2.24) is 4.98 Å². The molecule has 64 valence electrons. The molecule has 0 spiro atoms. The monoisotopic (exact) mass is 163 g/mol. The molecule has 0 N–H and O–H groups in total. The third kappa shape index (κ3) is 1.58. The first-order valence-corrected chi connectivity index (χ1v) is 4.41. The van der Waals surface area contributed by atoms with E-state index < -0.39 is 0 Å². The van der Waals surface area contributed by atoms with Gasteiger partial charge in [-0.2, -0.15) is 0 Å². The Kier molecular flexibility index (Phi) is 1.98. The van der Waals surface area contributed by atoms with Gasteiger partial charge in [-0.15, -0.1) is 0 Å². The Morgan fingerprint density at radius 2 is 2.00 bits per heavy atom. The van der Waals surface area contributed by atoms with Crippen LogP contribution < -0.4 is 4.74 Å². The van der Waals surface area contributed by atoms with E-state index in [-0.39, 0.29) is 0 Å². The van der Waals surface area contributed by atoms with Crippen molar-refractivity contribution in [3.63, 3.8) is 0 Å². The van der Waals surface area contributed by atoms with E-state index in [0.29, 0.717) is 6.10 Å². The van der Waals surface area contributed by atoms with Gasteiger partial charge in [-0.3, -0.25) is 4.98 Å². The van der Waals surface area contributed by atoms with Gasteiger partial charge in [-0.25, -0.2) is 0 Å². The number of hydrogen-bond acceptors (Lipinski definition) is 2. The minimum Gasteiger partial charge on any atom is -0.490 e. The molecule has 1 aromatic rings. The number of hydrogen-bond donors (Lipinski definition) is 0. The van der Waals surface area contributed by atoms with E-state index in [1.807, 2.05) is 12.1 Å². The van der Waals surface area contributed by atoms with Crippen LogP contribution in [-0.2, 0) is 0 Å². The summed E-state index contributed by atoms with van der Waals surface area (Å²) in [5.41, 5.74) is 0. The van der Waals surface area contributed by atoms with Crippen LogP contribution >= 0.6 is 0 Å². The van der Waals surface area contributed by atoms with Gasteiger partial charge in [0.2, 0.25) is 0 Å². The molecule has 1 heterocycles. The number of aromatic nitrogens is 1. The number of nitrogens with zero attached hydrogens (tertiary/aromatic N) is 1. The van der Waals surface area contributed by atoms with E-state index in [4.69, 9.17) is 4.74 Å². The van der Waals surface area contributed by atoms with E-state index in [9.17, 15) is 0 Å². The summed E-state index contributed by atoms with van der Waals surface area (Å²) >= 11 is 0. The molecule has 0 bridgehead atoms. The van der Waals surface area contributed by atoms with Crippen molar-refractivity contribution in [2.24, 2.45) is 5.92 Å². The van der Waals surface area contributed by atoms with Crippen LogP contribution in [0.25, 0.3) is 0 Å². The summed E-state index contributed by atoms with van der Waals surface area (Å²) in [5, 5.41) is 0. The minimum atomic E-state index is 0.447. The second-order valence-electron chi connectivity index (χ2n) is 3.50. The molecule has 12 heavy (non-hydrogen) atoms. The van der Waals surface area contributed by atoms with Crippen molar-refractivity contribution in [2.45, 2.75) is 25.9 Å². The van der Waals surface area contributed by atoms with Crippen molar-refractivity contribution in [2.75, 3.05) is 0 Å². The van der Waals surface area contributed by atoms with E-state index >= 15 is 0 Å². The maximum absolute atomic E-state index is 5.68. The lowest BCUT2D eigenvalue weighted by atomic mass is 9.84. The summed E-state index contributed by atoms with van der Waals surface area (Å²) in [6, 6.07) is 3.81. The van der Waals surface area contributed by atoms with Crippen LogP contribution in [0.3, 0.4) is 0 Å². The molecule has 0 unspecified atom stereocenters. The van der Waals surface area contributed by atoms with Gasteiger partial charge in [0.05, 0.1) is 6.10 Å². The van der Waals surface area contributed by atoms with Crippen molar-refractivity contribution >= 4 is 0 Å². The molecule has 0 radical (unpaired) electrons. The van der Waals surface area contributed by atoms with Crippen LogP contribution in [-0.4, -0.2) is 11.1 Å². The van der Waals surface area contributed by atoms with Gasteiger partial charge >= 0.3 is 0 Å². The molecular formula is C10H13NO. The topological polar surface area (TPSA) is 22.1 Å². The van der Waals surface area contributed by atoms with Crippen LogP contribution in [0.5, 0.6) is 5.75 Å². The summed E-state index contributed by atoms with van der Waals surface area (Å²) in [6.45, 7) is 2.26. The molecule has 0 aromatic carbocycles. The molecule has 1 fully saturated rings. The maximum atomic E-state index is 5.68. The van der Waals surface area contributed by atoms with Crippen molar-refractivity contribution in [3.8, 4) is 5.75 Å². The van der Waals surface area contributed by atoms with Crippen LogP contribution in [0.4, 0.5) is 0 Å². The van der Waals surface area contributed by atoms with Gasteiger partial charge in [-0.1, -0.05) is 6.92 Å². The fourth-order valence-electron chi connectivity index (χ4n) is 1.53. The molecule has 2 rings (SSSR count). The number of rotatable bonds is 2. The van der Waals surface area contributed by atoms with Crippen LogP contribution in [0.1, 0.15) is 19.8 Å². The Morgan fingerprint density at radius 3 is 2.58 bits per heavy atom. The lowest BCUT2D eigenvalue weighted by Gasteiger charge is -2.32. The first kappa shape index (κ1) is 7.59. The Bertz CT molecular complexity index is 241. The fourth-order valence-corrected chi connectivity index (χ4v) is 1.53. The highest BCUT2D eigenvalue weighted by molar-refractivity contribution is 5.17. The zero-order valence-corrected chi connectivity index (χ0v) is 7.23. The summed E-state index contributed by atoms with van der Waals surface area (Å²) in [6.07, 6.45) is 6.36. The average Bonchev–Trinajstić information content (AvgIpc) is 2.04. The van der Waals surface area contributed by atoms with E-state index in [2.05, 4.69) is 11.9 Å². The van der Waals surface area contributed by atoms with Crippen molar-refractivity contribution < 1.29 is 4.74 Å². The fraction of sp³-hybridized carbons (Fsp3) is 0.500. The number of ether oxygens (including phenoxy) is 1. The quantitative estimate of drug-likeness (QED) is 0.667. The first-order chi connectivity index (χ1) is 5.84. The second-order valence-corrected chi connectivity index (χ2v) is 3.50. The van der Waals surface area contributed by atoms with Crippen molar-refractivity contribution in [1.29, 1.82) is 0 Å². The SMILES string of the molecule is C[C@H]1C[C@@H](Oc2ccncc2)C1. The normalized spacial score (nSPS) is 27.8. The molecule has 0 saturated heterocycles. The Balaban J connectivity index is 1.88. The van der Waals surface area contributed by atoms with Crippen LogP contribution in [0.2, 0.25) is 0 Å².